The Hall–Kier alpha value is -3.22. The average Bonchev–Trinajstić information content (AvgIpc) is 2.73. The molecule has 2 aromatic rings. The maximum Gasteiger partial charge on any atom is 0.331 e. The molecular formula is C22H20O6. The Balaban J connectivity index is 1.79. The second-order valence-electron chi connectivity index (χ2n) is 6.25. The molecule has 3 rings (SSSR count). The quantitative estimate of drug-likeness (QED) is 0.589. The number of hydrogen-bond acceptors (Lipinski definition) is 6. The summed E-state index contributed by atoms with van der Waals surface area (Å²) in [5.74, 6) is -1.36. The maximum atomic E-state index is 12.3. The number of benzene rings is 2. The lowest BCUT2D eigenvalue weighted by molar-refractivity contribution is -0.175. The molecule has 0 bridgehead atoms. The monoisotopic (exact) mass is 380 g/mol. The van der Waals surface area contributed by atoms with Crippen molar-refractivity contribution in [2.24, 2.45) is 0 Å². The van der Waals surface area contributed by atoms with Crippen LogP contribution in [0.5, 0.6) is 0 Å². The molecule has 6 heteroatoms. The van der Waals surface area contributed by atoms with Crippen molar-refractivity contribution in [3.05, 3.63) is 90.0 Å². The third kappa shape index (κ3) is 4.94. The summed E-state index contributed by atoms with van der Waals surface area (Å²) >= 11 is 0. The van der Waals surface area contributed by atoms with Crippen molar-refractivity contribution in [1.29, 1.82) is 0 Å². The molecular weight excluding hydrogens is 360 g/mol. The Morgan fingerprint density at radius 2 is 1.71 bits per heavy atom. The van der Waals surface area contributed by atoms with E-state index in [1.54, 1.807) is 36.4 Å². The Morgan fingerprint density at radius 1 is 1.07 bits per heavy atom. The topological polar surface area (TPSA) is 93.1 Å². The summed E-state index contributed by atoms with van der Waals surface area (Å²) in [5.41, 5.74) is 1.33. The van der Waals surface area contributed by atoms with Crippen molar-refractivity contribution < 1.29 is 29.3 Å². The number of carbonyl (C=O) groups excluding carboxylic acids is 2. The zero-order valence-electron chi connectivity index (χ0n) is 14.9. The van der Waals surface area contributed by atoms with Crippen LogP contribution >= 0.6 is 0 Å². The number of aliphatic hydroxyl groups is 2. The van der Waals surface area contributed by atoms with E-state index in [1.807, 2.05) is 30.3 Å². The fourth-order valence-corrected chi connectivity index (χ4v) is 2.84. The smallest absolute Gasteiger partial charge is 0.331 e. The van der Waals surface area contributed by atoms with E-state index in [0.29, 0.717) is 5.56 Å². The number of cyclic esters (lactones) is 1. The molecule has 0 saturated carbocycles. The van der Waals surface area contributed by atoms with Crippen molar-refractivity contribution in [3.8, 4) is 0 Å². The second kappa shape index (κ2) is 9.12. The third-order valence-corrected chi connectivity index (χ3v) is 4.25. The first-order valence-corrected chi connectivity index (χ1v) is 8.78. The van der Waals surface area contributed by atoms with Crippen LogP contribution in [0.1, 0.15) is 17.2 Å². The normalized spacial score (nSPS) is 21.1. The number of aliphatic hydroxyl groups excluding tert-OH is 2. The zero-order valence-corrected chi connectivity index (χ0v) is 14.9. The molecule has 1 aliphatic rings. The highest BCUT2D eigenvalue weighted by molar-refractivity contribution is 5.87. The van der Waals surface area contributed by atoms with E-state index in [9.17, 15) is 19.8 Å². The minimum absolute atomic E-state index is 0.509. The molecule has 0 aromatic heterocycles. The van der Waals surface area contributed by atoms with Gasteiger partial charge in [0.2, 0.25) is 0 Å². The summed E-state index contributed by atoms with van der Waals surface area (Å²) in [6.45, 7) is 0. The van der Waals surface area contributed by atoms with Crippen LogP contribution in [0.3, 0.4) is 0 Å². The van der Waals surface area contributed by atoms with Gasteiger partial charge in [-0.2, -0.15) is 0 Å². The van der Waals surface area contributed by atoms with E-state index in [0.717, 1.165) is 11.6 Å². The largest absolute Gasteiger partial charge is 0.453 e. The van der Waals surface area contributed by atoms with Gasteiger partial charge in [0.1, 0.15) is 12.2 Å². The molecule has 0 aliphatic carbocycles. The van der Waals surface area contributed by atoms with Gasteiger partial charge in [-0.15, -0.1) is 0 Å². The van der Waals surface area contributed by atoms with Gasteiger partial charge >= 0.3 is 11.9 Å². The molecule has 2 N–H and O–H groups in total. The fourth-order valence-electron chi connectivity index (χ4n) is 2.84. The van der Waals surface area contributed by atoms with Gasteiger partial charge in [0.05, 0.1) is 0 Å². The zero-order chi connectivity index (χ0) is 19.9. The Labute approximate surface area is 162 Å². The highest BCUT2D eigenvalue weighted by Crippen LogP contribution is 2.28. The van der Waals surface area contributed by atoms with Gasteiger partial charge in [0.25, 0.3) is 0 Å². The van der Waals surface area contributed by atoms with Gasteiger partial charge in [-0.1, -0.05) is 60.7 Å². The van der Waals surface area contributed by atoms with E-state index in [1.165, 1.54) is 12.2 Å². The Kier molecular flexibility index (Phi) is 6.37. The third-order valence-electron chi connectivity index (χ3n) is 4.25. The number of carbonyl (C=O) groups is 2. The number of hydrogen-bond donors (Lipinski definition) is 2. The van der Waals surface area contributed by atoms with E-state index < -0.39 is 36.4 Å². The molecule has 1 heterocycles. The fraction of sp³-hybridized carbons (Fsp3) is 0.182. The van der Waals surface area contributed by atoms with Gasteiger partial charge in [0.15, 0.2) is 12.2 Å². The number of ether oxygens (including phenoxy) is 2. The molecule has 0 fully saturated rings. The predicted molar refractivity (Wildman–Crippen MR) is 102 cm³/mol. The highest BCUT2D eigenvalue weighted by Gasteiger charge is 2.39. The van der Waals surface area contributed by atoms with Crippen LogP contribution in [0.4, 0.5) is 0 Å². The van der Waals surface area contributed by atoms with Gasteiger partial charge in [-0.25, -0.2) is 9.59 Å². The lowest BCUT2D eigenvalue weighted by Crippen LogP contribution is -2.46. The Bertz CT molecular complexity index is 859. The van der Waals surface area contributed by atoms with Crippen LogP contribution in [-0.2, 0) is 19.1 Å². The van der Waals surface area contributed by atoms with Crippen molar-refractivity contribution in [3.63, 3.8) is 0 Å². The van der Waals surface area contributed by atoms with Crippen LogP contribution in [0.25, 0.3) is 6.08 Å². The van der Waals surface area contributed by atoms with Gasteiger partial charge in [0, 0.05) is 12.2 Å². The van der Waals surface area contributed by atoms with Crippen LogP contribution < -0.4 is 0 Å². The summed E-state index contributed by atoms with van der Waals surface area (Å²) in [4.78, 5) is 23.8. The Morgan fingerprint density at radius 3 is 2.39 bits per heavy atom. The first-order valence-electron chi connectivity index (χ1n) is 8.78. The average molecular weight is 380 g/mol. The molecule has 1 aliphatic heterocycles. The lowest BCUT2D eigenvalue weighted by atomic mass is 9.96. The molecule has 0 saturated heterocycles. The minimum Gasteiger partial charge on any atom is -0.453 e. The molecule has 28 heavy (non-hydrogen) atoms. The van der Waals surface area contributed by atoms with E-state index in [-0.39, 0.29) is 0 Å². The molecule has 0 radical (unpaired) electrons. The summed E-state index contributed by atoms with van der Waals surface area (Å²) in [5, 5.41) is 20.8. The molecule has 0 amide bonds. The van der Waals surface area contributed by atoms with Gasteiger partial charge < -0.3 is 19.7 Å². The van der Waals surface area contributed by atoms with Crippen molar-refractivity contribution in [2.45, 2.75) is 24.4 Å². The summed E-state index contributed by atoms with van der Waals surface area (Å²) in [6, 6.07) is 17.8. The van der Waals surface area contributed by atoms with Gasteiger partial charge in [-0.3, -0.25) is 0 Å². The molecule has 144 valence electrons. The molecule has 0 unspecified atom stereocenters. The highest BCUT2D eigenvalue weighted by atomic mass is 16.6. The van der Waals surface area contributed by atoms with Crippen LogP contribution in [0.2, 0.25) is 0 Å². The van der Waals surface area contributed by atoms with Crippen LogP contribution in [-0.4, -0.2) is 40.5 Å². The SMILES string of the molecule is O=C1C=C[C@@H](O)[C@@H]([C@@H](O)[C@@H](OC(=O)/C=C/c2ccccc2)c2ccccc2)O1. The van der Waals surface area contributed by atoms with E-state index >= 15 is 0 Å². The molecule has 2 aromatic carbocycles. The standard InChI is InChI=1S/C22H20O6/c23-17-12-14-19(25)28-22(17)20(26)21(16-9-5-2-6-10-16)27-18(24)13-11-15-7-3-1-4-8-15/h1-14,17,20-23,26H/b13-11+/t17-,20+,21+,22+/m1/s1. The first kappa shape index (κ1) is 19.5. The van der Waals surface area contributed by atoms with Crippen molar-refractivity contribution in [1.82, 2.24) is 0 Å². The van der Waals surface area contributed by atoms with Crippen LogP contribution in [0, 0.1) is 0 Å². The second-order valence-corrected chi connectivity index (χ2v) is 6.25. The van der Waals surface area contributed by atoms with Crippen molar-refractivity contribution in [2.75, 3.05) is 0 Å². The first-order chi connectivity index (χ1) is 13.5. The molecule has 6 nitrogen and oxygen atoms in total. The molecule has 0 spiro atoms. The summed E-state index contributed by atoms with van der Waals surface area (Å²) in [6.07, 6.45) is 0.106. The maximum absolute atomic E-state index is 12.3. The van der Waals surface area contributed by atoms with Crippen molar-refractivity contribution >= 4 is 18.0 Å². The van der Waals surface area contributed by atoms with E-state index in [4.69, 9.17) is 9.47 Å². The summed E-state index contributed by atoms with van der Waals surface area (Å²) < 4.78 is 10.5. The number of rotatable bonds is 6. The van der Waals surface area contributed by atoms with Crippen LogP contribution in [0.15, 0.2) is 78.9 Å². The van der Waals surface area contributed by atoms with E-state index in [2.05, 4.69) is 0 Å². The lowest BCUT2D eigenvalue weighted by Gasteiger charge is -2.32. The minimum atomic E-state index is -1.46. The summed E-state index contributed by atoms with van der Waals surface area (Å²) in [7, 11) is 0. The molecule has 4 atom stereocenters. The van der Waals surface area contributed by atoms with Gasteiger partial charge in [-0.05, 0) is 23.3 Å². The number of esters is 2. The predicted octanol–water partition coefficient (Wildman–Crippen LogP) is 2.19.